The molecule has 4 heterocycles. The van der Waals surface area contributed by atoms with Crippen LogP contribution in [0.15, 0.2) is 72.4 Å². The lowest BCUT2D eigenvalue weighted by atomic mass is 10.0. The van der Waals surface area contributed by atoms with Gasteiger partial charge >= 0.3 is 0 Å². The Morgan fingerprint density at radius 1 is 1.03 bits per heavy atom. The molecule has 37 heavy (non-hydrogen) atoms. The van der Waals surface area contributed by atoms with Crippen LogP contribution in [0.1, 0.15) is 5.56 Å². The van der Waals surface area contributed by atoms with Crippen molar-refractivity contribution in [1.82, 2.24) is 25.1 Å². The van der Waals surface area contributed by atoms with Gasteiger partial charge in [0, 0.05) is 42.5 Å². The number of thiophene rings is 1. The second kappa shape index (κ2) is 10.6. The molecular formula is C28H26N6O2S. The SMILES string of the molecule is O=C(Cc1cccc(-c2nc(Nc3ccc(-c4cn[nH]c4)cc3)c3ccsc3n2)c1)CN1CCOCC1. The molecule has 0 spiro atoms. The number of H-pyrrole nitrogens is 1. The highest BCUT2D eigenvalue weighted by Gasteiger charge is 2.16. The Balaban J connectivity index is 1.23. The third-order valence-electron chi connectivity index (χ3n) is 6.39. The predicted molar refractivity (Wildman–Crippen MR) is 146 cm³/mol. The zero-order valence-electron chi connectivity index (χ0n) is 20.2. The number of rotatable bonds is 8. The third kappa shape index (κ3) is 5.43. The molecule has 0 unspecified atom stereocenters. The number of ether oxygens (including phenoxy) is 1. The van der Waals surface area contributed by atoms with Crippen LogP contribution >= 0.6 is 11.3 Å². The number of ketones is 1. The molecular weight excluding hydrogens is 484 g/mol. The van der Waals surface area contributed by atoms with E-state index < -0.39 is 0 Å². The van der Waals surface area contributed by atoms with Gasteiger partial charge in [-0.05, 0) is 40.8 Å². The average molecular weight is 511 g/mol. The van der Waals surface area contributed by atoms with Gasteiger partial charge in [-0.3, -0.25) is 14.8 Å². The van der Waals surface area contributed by atoms with Gasteiger partial charge in [-0.15, -0.1) is 11.3 Å². The van der Waals surface area contributed by atoms with Gasteiger partial charge in [-0.1, -0.05) is 30.3 Å². The summed E-state index contributed by atoms with van der Waals surface area (Å²) in [6.07, 6.45) is 4.07. The number of aromatic nitrogens is 4. The summed E-state index contributed by atoms with van der Waals surface area (Å²) >= 11 is 1.58. The minimum absolute atomic E-state index is 0.204. The molecule has 0 radical (unpaired) electrons. The van der Waals surface area contributed by atoms with E-state index in [0.717, 1.165) is 57.1 Å². The first-order chi connectivity index (χ1) is 18.2. The smallest absolute Gasteiger partial charge is 0.163 e. The number of fused-ring (bicyclic) bond motifs is 1. The number of anilines is 2. The van der Waals surface area contributed by atoms with Gasteiger partial charge in [0.25, 0.3) is 0 Å². The molecule has 2 aromatic carbocycles. The number of carbonyl (C=O) groups is 1. The quantitative estimate of drug-likeness (QED) is 0.305. The van der Waals surface area contributed by atoms with Crippen LogP contribution < -0.4 is 5.32 Å². The fraction of sp³-hybridized carbons (Fsp3) is 0.214. The fourth-order valence-electron chi connectivity index (χ4n) is 4.48. The Bertz CT molecular complexity index is 1510. The van der Waals surface area contributed by atoms with Gasteiger partial charge in [0.05, 0.1) is 31.3 Å². The molecule has 9 heteroatoms. The van der Waals surface area contributed by atoms with Crippen molar-refractivity contribution in [3.05, 3.63) is 77.9 Å². The van der Waals surface area contributed by atoms with Gasteiger partial charge in [-0.2, -0.15) is 5.10 Å². The number of Topliss-reactive ketones (excluding diaryl/α,β-unsaturated/α-hetero) is 1. The lowest BCUT2D eigenvalue weighted by molar-refractivity contribution is -0.120. The molecule has 1 aliphatic heterocycles. The minimum atomic E-state index is 0.204. The Morgan fingerprint density at radius 2 is 1.89 bits per heavy atom. The lowest BCUT2D eigenvalue weighted by Gasteiger charge is -2.25. The van der Waals surface area contributed by atoms with Gasteiger partial charge in [0.15, 0.2) is 11.6 Å². The van der Waals surface area contributed by atoms with Crippen LogP contribution in [0.4, 0.5) is 11.5 Å². The number of nitrogens with one attached hydrogen (secondary N) is 2. The van der Waals surface area contributed by atoms with Crippen molar-refractivity contribution < 1.29 is 9.53 Å². The maximum Gasteiger partial charge on any atom is 0.163 e. The van der Waals surface area contributed by atoms with Crippen LogP contribution in [0.2, 0.25) is 0 Å². The van der Waals surface area contributed by atoms with Crippen LogP contribution in [0, 0.1) is 0 Å². The topological polar surface area (TPSA) is 96.0 Å². The summed E-state index contributed by atoms with van der Waals surface area (Å²) < 4.78 is 5.38. The fourth-order valence-corrected chi connectivity index (χ4v) is 5.25. The van der Waals surface area contributed by atoms with Crippen molar-refractivity contribution >= 4 is 38.8 Å². The van der Waals surface area contributed by atoms with Crippen LogP contribution in [-0.2, 0) is 16.0 Å². The predicted octanol–water partition coefficient (Wildman–Crippen LogP) is 4.94. The highest BCUT2D eigenvalue weighted by atomic mass is 32.1. The third-order valence-corrected chi connectivity index (χ3v) is 7.20. The summed E-state index contributed by atoms with van der Waals surface area (Å²) in [5, 5.41) is 13.3. The van der Waals surface area contributed by atoms with Crippen LogP contribution in [0.5, 0.6) is 0 Å². The first-order valence-electron chi connectivity index (χ1n) is 12.2. The molecule has 5 aromatic rings. The van der Waals surface area contributed by atoms with E-state index in [1.54, 1.807) is 17.5 Å². The second-order valence-electron chi connectivity index (χ2n) is 9.03. The largest absolute Gasteiger partial charge is 0.379 e. The number of carbonyl (C=O) groups excluding carboxylic acids is 1. The maximum atomic E-state index is 12.7. The van der Waals surface area contributed by atoms with Crippen molar-refractivity contribution in [2.75, 3.05) is 38.2 Å². The zero-order valence-corrected chi connectivity index (χ0v) is 21.0. The summed E-state index contributed by atoms with van der Waals surface area (Å²) in [4.78, 5) is 25.5. The molecule has 1 fully saturated rings. The van der Waals surface area contributed by atoms with E-state index in [9.17, 15) is 4.79 Å². The molecule has 0 bridgehead atoms. The average Bonchev–Trinajstić information content (AvgIpc) is 3.63. The first kappa shape index (κ1) is 23.5. The Morgan fingerprint density at radius 3 is 2.70 bits per heavy atom. The van der Waals surface area contributed by atoms with E-state index >= 15 is 0 Å². The Kier molecular flexibility index (Phi) is 6.72. The number of aromatic amines is 1. The van der Waals surface area contributed by atoms with Gasteiger partial charge in [0.2, 0.25) is 0 Å². The van der Waals surface area contributed by atoms with Crippen molar-refractivity contribution in [3.63, 3.8) is 0 Å². The Labute approximate surface area is 218 Å². The number of nitrogens with zero attached hydrogens (tertiary/aromatic N) is 4. The van der Waals surface area contributed by atoms with E-state index in [4.69, 9.17) is 14.7 Å². The number of morpholine rings is 1. The molecule has 186 valence electrons. The van der Waals surface area contributed by atoms with Crippen LogP contribution in [0.25, 0.3) is 32.7 Å². The van der Waals surface area contributed by atoms with Crippen molar-refractivity contribution in [3.8, 4) is 22.5 Å². The molecule has 0 atom stereocenters. The summed E-state index contributed by atoms with van der Waals surface area (Å²) in [5.74, 6) is 1.59. The molecule has 1 aliphatic rings. The standard InChI is InChI=1S/C28H26N6O2S/c35-24(18-34-9-11-36-12-10-34)15-19-2-1-3-21(14-19)26-32-27(25-8-13-37-28(25)33-26)31-23-6-4-20(5-7-23)22-16-29-30-17-22/h1-8,13-14,16-17H,9-12,15,18H2,(H,29,30)(H,31,32,33). The van der Waals surface area contributed by atoms with Crippen molar-refractivity contribution in [1.29, 1.82) is 0 Å². The van der Waals surface area contributed by atoms with E-state index in [1.165, 1.54) is 0 Å². The number of hydrogen-bond acceptors (Lipinski definition) is 8. The lowest BCUT2D eigenvalue weighted by Crippen LogP contribution is -2.39. The normalized spacial score (nSPS) is 14.2. The summed E-state index contributed by atoms with van der Waals surface area (Å²) in [6.45, 7) is 3.45. The zero-order chi connectivity index (χ0) is 25.0. The van der Waals surface area contributed by atoms with Gasteiger partial charge in [0.1, 0.15) is 10.6 Å². The molecule has 3 aromatic heterocycles. The highest BCUT2D eigenvalue weighted by Crippen LogP contribution is 2.31. The van der Waals surface area contributed by atoms with Crippen molar-refractivity contribution in [2.24, 2.45) is 0 Å². The van der Waals surface area contributed by atoms with Gasteiger partial charge < -0.3 is 10.1 Å². The minimum Gasteiger partial charge on any atom is -0.379 e. The maximum absolute atomic E-state index is 12.7. The molecule has 0 saturated carbocycles. The molecule has 8 nitrogen and oxygen atoms in total. The first-order valence-corrected chi connectivity index (χ1v) is 13.1. The summed E-state index contributed by atoms with van der Waals surface area (Å²) in [5.41, 5.74) is 4.93. The monoisotopic (exact) mass is 510 g/mol. The van der Waals surface area contributed by atoms with Crippen LogP contribution in [0.3, 0.4) is 0 Å². The van der Waals surface area contributed by atoms with Crippen molar-refractivity contribution in [2.45, 2.75) is 6.42 Å². The Hall–Kier alpha value is -3.92. The number of hydrogen-bond donors (Lipinski definition) is 2. The van der Waals surface area contributed by atoms with Crippen LogP contribution in [-0.4, -0.2) is 63.7 Å². The van der Waals surface area contributed by atoms with E-state index in [1.807, 2.05) is 54.0 Å². The summed E-state index contributed by atoms with van der Waals surface area (Å²) in [7, 11) is 0. The molecule has 1 saturated heterocycles. The van der Waals surface area contributed by atoms with E-state index in [2.05, 4.69) is 32.5 Å². The molecule has 2 N–H and O–H groups in total. The van der Waals surface area contributed by atoms with E-state index in [0.29, 0.717) is 32.0 Å². The van der Waals surface area contributed by atoms with Gasteiger partial charge in [-0.25, -0.2) is 9.97 Å². The second-order valence-corrected chi connectivity index (χ2v) is 9.92. The number of benzene rings is 2. The molecule has 0 amide bonds. The molecule has 6 rings (SSSR count). The van der Waals surface area contributed by atoms with E-state index in [-0.39, 0.29) is 5.78 Å². The summed E-state index contributed by atoms with van der Waals surface area (Å²) in [6, 6.07) is 18.2. The highest BCUT2D eigenvalue weighted by molar-refractivity contribution is 7.16. The molecule has 0 aliphatic carbocycles.